The minimum Gasteiger partial charge on any atom is -0.489 e. The van der Waals surface area contributed by atoms with E-state index in [-0.39, 0.29) is 12.1 Å². The Bertz CT molecular complexity index is 578. The van der Waals surface area contributed by atoms with Gasteiger partial charge >= 0.3 is 7.12 Å². The lowest BCUT2D eigenvalue weighted by Crippen LogP contribution is -2.32. The van der Waals surface area contributed by atoms with Gasteiger partial charge in [-0.05, 0) is 24.6 Å². The molecule has 0 aliphatic rings. The summed E-state index contributed by atoms with van der Waals surface area (Å²) in [6.07, 6.45) is 3.41. The van der Waals surface area contributed by atoms with Crippen molar-refractivity contribution in [2.24, 2.45) is 0 Å². The molecule has 6 heteroatoms. The van der Waals surface area contributed by atoms with E-state index in [1.807, 2.05) is 13.0 Å². The summed E-state index contributed by atoms with van der Waals surface area (Å²) >= 11 is 0. The number of halogens is 1. The van der Waals surface area contributed by atoms with Crippen LogP contribution < -0.4 is 10.2 Å². The van der Waals surface area contributed by atoms with Gasteiger partial charge in [0.1, 0.15) is 18.2 Å². The third-order valence-corrected chi connectivity index (χ3v) is 2.59. The molecule has 0 saturated heterocycles. The molecule has 0 aliphatic carbocycles. The monoisotopic (exact) mass is 261 g/mol. The largest absolute Gasteiger partial charge is 0.491 e. The predicted octanol–water partition coefficient (Wildman–Crippen LogP) is 0.788. The number of hydrogen-bond acceptors (Lipinski definition) is 4. The summed E-state index contributed by atoms with van der Waals surface area (Å²) in [6, 6.07) is 5.82. The number of ether oxygens (including phenoxy) is 1. The van der Waals surface area contributed by atoms with Crippen LogP contribution >= 0.6 is 0 Å². The van der Waals surface area contributed by atoms with Gasteiger partial charge in [-0.15, -0.1) is 0 Å². The first-order valence-electron chi connectivity index (χ1n) is 5.75. The summed E-state index contributed by atoms with van der Waals surface area (Å²) in [5.74, 6) is -0.390. The maximum Gasteiger partial charge on any atom is 0.491 e. The van der Waals surface area contributed by atoms with Crippen molar-refractivity contribution < 1.29 is 19.2 Å². The summed E-state index contributed by atoms with van der Waals surface area (Å²) in [5.41, 5.74) is 1.72. The Kier molecular flexibility index (Phi) is 4.14. The molecule has 0 saturated carbocycles. The summed E-state index contributed by atoms with van der Waals surface area (Å²) < 4.78 is 18.9. The standard InChI is InChI=1S/C13H13BFNO3/c1-9-4-10(7-16-6-9)8-19-11-2-3-12(14(17)18)13(15)5-11/h2-7,17-18H,8H2,1H3. The maximum absolute atomic E-state index is 13.5. The normalized spacial score (nSPS) is 10.3. The second-order valence-corrected chi connectivity index (χ2v) is 4.22. The smallest absolute Gasteiger partial charge is 0.489 e. The van der Waals surface area contributed by atoms with E-state index in [4.69, 9.17) is 14.8 Å². The lowest BCUT2D eigenvalue weighted by atomic mass is 9.80. The Morgan fingerprint density at radius 3 is 2.68 bits per heavy atom. The molecule has 1 aromatic carbocycles. The highest BCUT2D eigenvalue weighted by atomic mass is 19.1. The zero-order valence-electron chi connectivity index (χ0n) is 10.4. The van der Waals surface area contributed by atoms with Crippen LogP contribution in [-0.4, -0.2) is 22.2 Å². The van der Waals surface area contributed by atoms with Gasteiger partial charge in [0.15, 0.2) is 0 Å². The molecule has 2 N–H and O–H groups in total. The van der Waals surface area contributed by atoms with Crippen LogP contribution in [0, 0.1) is 12.7 Å². The Morgan fingerprint density at radius 1 is 1.26 bits per heavy atom. The van der Waals surface area contributed by atoms with Crippen LogP contribution in [0.15, 0.2) is 36.7 Å². The van der Waals surface area contributed by atoms with Crippen molar-refractivity contribution in [2.45, 2.75) is 13.5 Å². The van der Waals surface area contributed by atoms with Crippen molar-refractivity contribution in [3.63, 3.8) is 0 Å². The summed E-state index contributed by atoms with van der Waals surface area (Å²) in [7, 11) is -1.82. The highest BCUT2D eigenvalue weighted by molar-refractivity contribution is 6.58. The first kappa shape index (κ1) is 13.5. The molecule has 0 amide bonds. The van der Waals surface area contributed by atoms with Crippen molar-refractivity contribution in [2.75, 3.05) is 0 Å². The fraction of sp³-hybridized carbons (Fsp3) is 0.154. The zero-order valence-corrected chi connectivity index (χ0v) is 10.4. The number of pyridine rings is 1. The molecule has 98 valence electrons. The van der Waals surface area contributed by atoms with Crippen molar-refractivity contribution in [1.29, 1.82) is 0 Å². The van der Waals surface area contributed by atoms with Gasteiger partial charge in [0.05, 0.1) is 0 Å². The van der Waals surface area contributed by atoms with Gasteiger partial charge in [0.2, 0.25) is 0 Å². The molecule has 1 heterocycles. The van der Waals surface area contributed by atoms with Crippen molar-refractivity contribution >= 4 is 12.6 Å². The Morgan fingerprint density at radius 2 is 2.05 bits per heavy atom. The molecule has 2 rings (SSSR count). The van der Waals surface area contributed by atoms with Crippen molar-refractivity contribution in [1.82, 2.24) is 4.98 Å². The summed E-state index contributed by atoms with van der Waals surface area (Å²) in [5, 5.41) is 17.8. The molecule has 4 nitrogen and oxygen atoms in total. The first-order valence-corrected chi connectivity index (χ1v) is 5.75. The van der Waals surface area contributed by atoms with Gasteiger partial charge in [-0.3, -0.25) is 4.98 Å². The molecule has 0 spiro atoms. The quantitative estimate of drug-likeness (QED) is 0.798. The molecule has 19 heavy (non-hydrogen) atoms. The fourth-order valence-corrected chi connectivity index (χ4v) is 1.67. The molecule has 0 aliphatic heterocycles. The molecular formula is C13H13BFNO3. The van der Waals surface area contributed by atoms with Gasteiger partial charge in [-0.25, -0.2) is 4.39 Å². The molecule has 0 atom stereocenters. The van der Waals surface area contributed by atoms with Crippen LogP contribution in [0.5, 0.6) is 5.75 Å². The molecular weight excluding hydrogens is 248 g/mol. The van der Waals surface area contributed by atoms with Crippen LogP contribution in [0.3, 0.4) is 0 Å². The minimum absolute atomic E-state index is 0.176. The minimum atomic E-state index is -1.82. The van der Waals surface area contributed by atoms with Crippen LogP contribution in [0.1, 0.15) is 11.1 Å². The Balaban J connectivity index is 2.06. The molecule has 0 bridgehead atoms. The van der Waals surface area contributed by atoms with Gasteiger partial charge in [-0.1, -0.05) is 6.07 Å². The van der Waals surface area contributed by atoms with E-state index < -0.39 is 12.9 Å². The van der Waals surface area contributed by atoms with Gasteiger partial charge in [0.25, 0.3) is 0 Å². The predicted molar refractivity (Wildman–Crippen MR) is 69.5 cm³/mol. The third kappa shape index (κ3) is 3.53. The molecule has 0 radical (unpaired) electrons. The Hall–Kier alpha value is -1.92. The molecule has 2 aromatic rings. The Labute approximate surface area is 110 Å². The van der Waals surface area contributed by atoms with Crippen LogP contribution in [-0.2, 0) is 6.61 Å². The van der Waals surface area contributed by atoms with E-state index in [0.717, 1.165) is 17.2 Å². The summed E-state index contributed by atoms with van der Waals surface area (Å²) in [4.78, 5) is 4.03. The van der Waals surface area contributed by atoms with Gasteiger partial charge in [0, 0.05) is 29.5 Å². The maximum atomic E-state index is 13.5. The number of aryl methyl sites for hydroxylation is 1. The van der Waals surface area contributed by atoms with Crippen molar-refractivity contribution in [3.05, 3.63) is 53.6 Å². The topological polar surface area (TPSA) is 62.6 Å². The van der Waals surface area contributed by atoms with E-state index in [2.05, 4.69) is 4.98 Å². The number of nitrogens with zero attached hydrogens (tertiary/aromatic N) is 1. The van der Waals surface area contributed by atoms with E-state index >= 15 is 0 Å². The molecule has 0 unspecified atom stereocenters. The highest BCUT2D eigenvalue weighted by Crippen LogP contribution is 2.13. The lowest BCUT2D eigenvalue weighted by molar-refractivity contribution is 0.304. The number of hydrogen-bond donors (Lipinski definition) is 2. The number of rotatable bonds is 4. The van der Waals surface area contributed by atoms with Crippen molar-refractivity contribution in [3.8, 4) is 5.75 Å². The highest BCUT2D eigenvalue weighted by Gasteiger charge is 2.16. The van der Waals surface area contributed by atoms with E-state index in [1.165, 1.54) is 12.1 Å². The average molecular weight is 261 g/mol. The summed E-state index contributed by atoms with van der Waals surface area (Å²) in [6.45, 7) is 2.20. The van der Waals surface area contributed by atoms with Crippen LogP contribution in [0.2, 0.25) is 0 Å². The lowest BCUT2D eigenvalue weighted by Gasteiger charge is -2.08. The molecule has 0 fully saturated rings. The number of benzene rings is 1. The van der Waals surface area contributed by atoms with Gasteiger partial charge in [-0.2, -0.15) is 0 Å². The second kappa shape index (κ2) is 5.82. The zero-order chi connectivity index (χ0) is 13.8. The van der Waals surface area contributed by atoms with Gasteiger partial charge < -0.3 is 14.8 Å². The van der Waals surface area contributed by atoms with Crippen LogP contribution in [0.4, 0.5) is 4.39 Å². The first-order chi connectivity index (χ1) is 9.06. The number of aromatic nitrogens is 1. The van der Waals surface area contributed by atoms with E-state index in [1.54, 1.807) is 12.4 Å². The van der Waals surface area contributed by atoms with E-state index in [0.29, 0.717) is 5.75 Å². The van der Waals surface area contributed by atoms with E-state index in [9.17, 15) is 4.39 Å². The SMILES string of the molecule is Cc1cncc(COc2ccc(B(O)O)c(F)c2)c1. The average Bonchev–Trinajstić information content (AvgIpc) is 2.36. The fourth-order valence-electron chi connectivity index (χ4n) is 1.67. The van der Waals surface area contributed by atoms with Crippen LogP contribution in [0.25, 0.3) is 0 Å². The second-order valence-electron chi connectivity index (χ2n) is 4.22. The third-order valence-electron chi connectivity index (χ3n) is 2.59. The molecule has 1 aromatic heterocycles.